The summed E-state index contributed by atoms with van der Waals surface area (Å²) in [7, 11) is 0. The van der Waals surface area contributed by atoms with Gasteiger partial charge in [0, 0.05) is 19.6 Å². The van der Waals surface area contributed by atoms with Crippen molar-refractivity contribution in [2.75, 3.05) is 32.8 Å². The van der Waals surface area contributed by atoms with Crippen molar-refractivity contribution in [3.05, 3.63) is 0 Å². The molecular formula is C20H34N4O5. The normalized spacial score (nSPS) is 21.3. The third kappa shape index (κ3) is 5.19. The second-order valence-electron chi connectivity index (χ2n) is 8.13. The van der Waals surface area contributed by atoms with Gasteiger partial charge in [-0.05, 0) is 38.5 Å². The number of carbonyl (C=O) groups is 4. The van der Waals surface area contributed by atoms with Gasteiger partial charge >= 0.3 is 12.0 Å². The minimum atomic E-state index is -0.904. The lowest BCUT2D eigenvalue weighted by Gasteiger charge is -2.51. The van der Waals surface area contributed by atoms with Crippen LogP contribution in [0.4, 0.5) is 4.79 Å². The molecule has 2 saturated heterocycles. The molecule has 9 heteroatoms. The zero-order valence-corrected chi connectivity index (χ0v) is 18.0. The van der Waals surface area contributed by atoms with E-state index in [0.29, 0.717) is 44.8 Å². The molecule has 2 fully saturated rings. The van der Waals surface area contributed by atoms with Crippen molar-refractivity contribution in [2.45, 2.75) is 65.0 Å². The van der Waals surface area contributed by atoms with Crippen LogP contribution in [0.2, 0.25) is 0 Å². The maximum Gasteiger partial charge on any atom is 0.325 e. The Morgan fingerprint density at radius 3 is 2.45 bits per heavy atom. The molecule has 0 saturated carbocycles. The average Bonchev–Trinajstić information content (AvgIpc) is 2.68. The molecule has 2 N–H and O–H groups in total. The van der Waals surface area contributed by atoms with Crippen molar-refractivity contribution in [2.24, 2.45) is 5.92 Å². The standard InChI is InChI=1S/C20H34N4O5/c1-5-9-24-17(26)15(12-14(3)4)22-18(27)20(24)7-10-23(11-8-20)19(28)21-13-16(25)29-6-2/h14-15H,5-13H2,1-4H3,(H,21,28)(H,22,27). The summed E-state index contributed by atoms with van der Waals surface area (Å²) in [6.07, 6.45) is 2.14. The van der Waals surface area contributed by atoms with E-state index in [1.807, 2.05) is 20.8 Å². The highest BCUT2D eigenvalue weighted by Crippen LogP contribution is 2.34. The number of amides is 4. The Balaban J connectivity index is 2.04. The molecule has 1 spiro atoms. The van der Waals surface area contributed by atoms with Gasteiger partial charge in [-0.3, -0.25) is 14.4 Å². The molecule has 2 heterocycles. The Morgan fingerprint density at radius 2 is 1.90 bits per heavy atom. The number of likely N-dealkylation sites (tertiary alicyclic amines) is 1. The second kappa shape index (κ2) is 9.93. The van der Waals surface area contributed by atoms with Crippen LogP contribution < -0.4 is 10.6 Å². The largest absolute Gasteiger partial charge is 0.465 e. The fourth-order valence-electron chi connectivity index (χ4n) is 4.10. The molecule has 0 aromatic carbocycles. The molecule has 2 aliphatic rings. The quantitative estimate of drug-likeness (QED) is 0.606. The highest BCUT2D eigenvalue weighted by atomic mass is 16.5. The van der Waals surface area contributed by atoms with E-state index >= 15 is 0 Å². The zero-order chi connectivity index (χ0) is 21.6. The van der Waals surface area contributed by atoms with Crippen LogP contribution in [0.25, 0.3) is 0 Å². The number of piperidine rings is 1. The molecule has 9 nitrogen and oxygen atoms in total. The molecule has 0 bridgehead atoms. The molecule has 0 aliphatic carbocycles. The van der Waals surface area contributed by atoms with Crippen LogP contribution in [-0.2, 0) is 19.1 Å². The van der Waals surface area contributed by atoms with Crippen molar-refractivity contribution in [3.63, 3.8) is 0 Å². The first-order valence-corrected chi connectivity index (χ1v) is 10.6. The third-order valence-electron chi connectivity index (χ3n) is 5.53. The summed E-state index contributed by atoms with van der Waals surface area (Å²) >= 11 is 0. The van der Waals surface area contributed by atoms with Crippen molar-refractivity contribution < 1.29 is 23.9 Å². The van der Waals surface area contributed by atoms with Gasteiger partial charge in [-0.1, -0.05) is 20.8 Å². The Morgan fingerprint density at radius 1 is 1.24 bits per heavy atom. The minimum absolute atomic E-state index is 0.0274. The summed E-state index contributed by atoms with van der Waals surface area (Å²) in [5.74, 6) is -0.341. The lowest BCUT2D eigenvalue weighted by atomic mass is 9.81. The second-order valence-corrected chi connectivity index (χ2v) is 8.13. The Kier molecular flexibility index (Phi) is 7.87. The van der Waals surface area contributed by atoms with Gasteiger partial charge in [0.15, 0.2) is 0 Å². The summed E-state index contributed by atoms with van der Waals surface area (Å²) in [5.41, 5.74) is -0.904. The molecule has 2 aliphatic heterocycles. The van der Waals surface area contributed by atoms with E-state index in [1.165, 1.54) is 0 Å². The molecule has 1 atom stereocenters. The monoisotopic (exact) mass is 410 g/mol. The van der Waals surface area contributed by atoms with E-state index < -0.39 is 17.6 Å². The number of hydrogen-bond donors (Lipinski definition) is 2. The Hall–Kier alpha value is -2.32. The van der Waals surface area contributed by atoms with Crippen LogP contribution in [0.3, 0.4) is 0 Å². The number of rotatable bonds is 7. The summed E-state index contributed by atoms with van der Waals surface area (Å²) in [6, 6.07) is -0.847. The van der Waals surface area contributed by atoms with E-state index in [-0.39, 0.29) is 31.0 Å². The molecule has 0 radical (unpaired) electrons. The van der Waals surface area contributed by atoms with Gasteiger partial charge in [0.2, 0.25) is 11.8 Å². The third-order valence-corrected chi connectivity index (χ3v) is 5.53. The fourth-order valence-corrected chi connectivity index (χ4v) is 4.10. The van der Waals surface area contributed by atoms with Crippen molar-refractivity contribution in [3.8, 4) is 0 Å². The predicted molar refractivity (Wildman–Crippen MR) is 107 cm³/mol. The lowest BCUT2D eigenvalue weighted by Crippen LogP contribution is -2.73. The van der Waals surface area contributed by atoms with Gasteiger partial charge in [0.05, 0.1) is 6.61 Å². The average molecular weight is 411 g/mol. The topological polar surface area (TPSA) is 108 Å². The van der Waals surface area contributed by atoms with Gasteiger partial charge in [-0.2, -0.15) is 0 Å². The van der Waals surface area contributed by atoms with Crippen LogP contribution >= 0.6 is 0 Å². The molecular weight excluding hydrogens is 376 g/mol. The first-order chi connectivity index (χ1) is 13.7. The van der Waals surface area contributed by atoms with E-state index in [4.69, 9.17) is 4.74 Å². The van der Waals surface area contributed by atoms with Gasteiger partial charge in [-0.15, -0.1) is 0 Å². The molecule has 29 heavy (non-hydrogen) atoms. The molecule has 0 aromatic rings. The predicted octanol–water partition coefficient (Wildman–Crippen LogP) is 0.877. The maximum atomic E-state index is 13.1. The maximum absolute atomic E-state index is 13.1. The molecule has 0 aromatic heterocycles. The van der Waals surface area contributed by atoms with Crippen LogP contribution in [0.15, 0.2) is 0 Å². The SMILES string of the molecule is CCCN1C(=O)C(CC(C)C)NC(=O)C12CCN(C(=O)NCC(=O)OCC)CC2. The van der Waals surface area contributed by atoms with Crippen LogP contribution in [0.5, 0.6) is 0 Å². The number of nitrogens with zero attached hydrogens (tertiary/aromatic N) is 2. The van der Waals surface area contributed by atoms with E-state index in [9.17, 15) is 19.2 Å². The Bertz CT molecular complexity index is 628. The Labute approximate surface area is 172 Å². The number of piperazine rings is 1. The summed E-state index contributed by atoms with van der Waals surface area (Å²) < 4.78 is 4.80. The van der Waals surface area contributed by atoms with E-state index in [1.54, 1.807) is 16.7 Å². The van der Waals surface area contributed by atoms with E-state index in [2.05, 4.69) is 10.6 Å². The first-order valence-electron chi connectivity index (χ1n) is 10.6. The highest BCUT2D eigenvalue weighted by molar-refractivity contribution is 6.00. The number of carbonyl (C=O) groups excluding carboxylic acids is 4. The van der Waals surface area contributed by atoms with Crippen LogP contribution in [0, 0.1) is 5.92 Å². The van der Waals surface area contributed by atoms with Gasteiger partial charge in [0.25, 0.3) is 0 Å². The lowest BCUT2D eigenvalue weighted by molar-refractivity contribution is -0.161. The van der Waals surface area contributed by atoms with Gasteiger partial charge in [-0.25, -0.2) is 4.79 Å². The summed E-state index contributed by atoms with van der Waals surface area (Å²) in [4.78, 5) is 53.2. The highest BCUT2D eigenvalue weighted by Gasteiger charge is 2.53. The van der Waals surface area contributed by atoms with Crippen LogP contribution in [-0.4, -0.2) is 78.0 Å². The minimum Gasteiger partial charge on any atom is -0.465 e. The van der Waals surface area contributed by atoms with Gasteiger partial charge in [0.1, 0.15) is 18.1 Å². The summed E-state index contributed by atoms with van der Waals surface area (Å²) in [5, 5.41) is 5.48. The number of nitrogens with one attached hydrogen (secondary N) is 2. The number of ether oxygens (including phenoxy) is 1. The molecule has 4 amide bonds. The molecule has 1 unspecified atom stereocenters. The summed E-state index contributed by atoms with van der Waals surface area (Å²) in [6.45, 7) is 9.02. The number of esters is 1. The van der Waals surface area contributed by atoms with Crippen molar-refractivity contribution in [1.82, 2.24) is 20.4 Å². The van der Waals surface area contributed by atoms with E-state index in [0.717, 1.165) is 6.42 Å². The number of urea groups is 1. The fraction of sp³-hybridized carbons (Fsp3) is 0.800. The molecule has 2 rings (SSSR count). The zero-order valence-electron chi connectivity index (χ0n) is 18.0. The smallest absolute Gasteiger partial charge is 0.325 e. The van der Waals surface area contributed by atoms with Crippen molar-refractivity contribution >= 4 is 23.8 Å². The van der Waals surface area contributed by atoms with Crippen LogP contribution in [0.1, 0.15) is 53.4 Å². The number of hydrogen-bond acceptors (Lipinski definition) is 5. The molecule has 164 valence electrons. The van der Waals surface area contributed by atoms with Crippen molar-refractivity contribution in [1.29, 1.82) is 0 Å². The van der Waals surface area contributed by atoms with Gasteiger partial charge < -0.3 is 25.2 Å². The first kappa shape index (κ1) is 23.0.